The molecule has 1 aromatic carbocycles. The molecule has 0 aromatic heterocycles. The van der Waals surface area contributed by atoms with Gasteiger partial charge in [-0.2, -0.15) is 0 Å². The van der Waals surface area contributed by atoms with E-state index in [9.17, 15) is 0 Å². The smallest absolute Gasteiger partial charge is 0.161 e. The maximum Gasteiger partial charge on any atom is 0.161 e. The zero-order valence-corrected chi connectivity index (χ0v) is 14.1. The Morgan fingerprint density at radius 3 is 2.64 bits per heavy atom. The van der Waals surface area contributed by atoms with Gasteiger partial charge in [0.2, 0.25) is 0 Å². The van der Waals surface area contributed by atoms with Gasteiger partial charge in [0, 0.05) is 13.1 Å². The molecule has 124 valence electrons. The van der Waals surface area contributed by atoms with E-state index in [4.69, 9.17) is 14.2 Å². The van der Waals surface area contributed by atoms with Gasteiger partial charge in [-0.15, -0.1) is 0 Å². The molecule has 1 aliphatic rings. The lowest BCUT2D eigenvalue weighted by Gasteiger charge is -2.26. The Morgan fingerprint density at radius 1 is 1.18 bits per heavy atom. The second kappa shape index (κ2) is 9.01. The third-order valence-electron chi connectivity index (χ3n) is 3.71. The summed E-state index contributed by atoms with van der Waals surface area (Å²) in [5, 5.41) is 0. The van der Waals surface area contributed by atoms with E-state index in [1.54, 1.807) is 0 Å². The van der Waals surface area contributed by atoms with Crippen LogP contribution in [-0.2, 0) is 11.2 Å². The molecule has 0 amide bonds. The van der Waals surface area contributed by atoms with E-state index < -0.39 is 0 Å². The monoisotopic (exact) mass is 307 g/mol. The molecule has 0 N–H and O–H groups in total. The highest BCUT2D eigenvalue weighted by Crippen LogP contribution is 2.29. The first-order valence-electron chi connectivity index (χ1n) is 8.41. The lowest BCUT2D eigenvalue weighted by atomic mass is 10.1. The number of hydrogen-bond donors (Lipinski definition) is 0. The molecule has 1 aromatic rings. The second-order valence-electron chi connectivity index (χ2n) is 5.94. The summed E-state index contributed by atoms with van der Waals surface area (Å²) in [6.07, 6.45) is 2.39. The van der Waals surface area contributed by atoms with Crippen molar-refractivity contribution >= 4 is 0 Å². The Kier molecular flexibility index (Phi) is 7.00. The molecule has 1 aliphatic heterocycles. The van der Waals surface area contributed by atoms with E-state index in [2.05, 4.69) is 17.0 Å². The van der Waals surface area contributed by atoms with Gasteiger partial charge in [-0.3, -0.25) is 4.90 Å². The number of rotatable bonds is 8. The number of aryl methyl sites for hydroxylation is 1. The summed E-state index contributed by atoms with van der Waals surface area (Å²) >= 11 is 0. The molecule has 1 saturated heterocycles. The number of nitrogens with zero attached hydrogens (tertiary/aromatic N) is 1. The van der Waals surface area contributed by atoms with Crippen LogP contribution in [0.15, 0.2) is 18.2 Å². The topological polar surface area (TPSA) is 30.9 Å². The van der Waals surface area contributed by atoms with Gasteiger partial charge >= 0.3 is 0 Å². The van der Waals surface area contributed by atoms with Gasteiger partial charge in [-0.1, -0.05) is 6.07 Å². The molecule has 0 atom stereocenters. The van der Waals surface area contributed by atoms with Crippen LogP contribution in [0.5, 0.6) is 11.5 Å². The fourth-order valence-corrected chi connectivity index (χ4v) is 2.66. The SMILES string of the molecule is CCOc1cc(CCCN2CCOCC2)ccc1OC(C)C. The van der Waals surface area contributed by atoms with Crippen molar-refractivity contribution < 1.29 is 14.2 Å². The molecule has 0 bridgehead atoms. The minimum atomic E-state index is 0.159. The van der Waals surface area contributed by atoms with Crippen LogP contribution in [0.1, 0.15) is 32.8 Å². The molecule has 0 saturated carbocycles. The Hall–Kier alpha value is -1.26. The predicted molar refractivity (Wildman–Crippen MR) is 89.0 cm³/mol. The van der Waals surface area contributed by atoms with Gasteiger partial charge < -0.3 is 14.2 Å². The third-order valence-corrected chi connectivity index (χ3v) is 3.71. The highest BCUT2D eigenvalue weighted by molar-refractivity contribution is 5.43. The van der Waals surface area contributed by atoms with E-state index in [1.807, 2.05) is 26.8 Å². The Balaban J connectivity index is 1.88. The molecule has 0 spiro atoms. The van der Waals surface area contributed by atoms with Crippen LogP contribution < -0.4 is 9.47 Å². The Labute approximate surface area is 134 Å². The summed E-state index contributed by atoms with van der Waals surface area (Å²) in [7, 11) is 0. The van der Waals surface area contributed by atoms with E-state index in [1.165, 1.54) is 5.56 Å². The first kappa shape index (κ1) is 17.1. The number of benzene rings is 1. The fourth-order valence-electron chi connectivity index (χ4n) is 2.66. The van der Waals surface area contributed by atoms with Crippen LogP contribution in [-0.4, -0.2) is 50.5 Å². The quantitative estimate of drug-likeness (QED) is 0.738. The number of hydrogen-bond acceptors (Lipinski definition) is 4. The largest absolute Gasteiger partial charge is 0.490 e. The fraction of sp³-hybridized carbons (Fsp3) is 0.667. The molecule has 4 nitrogen and oxygen atoms in total. The zero-order chi connectivity index (χ0) is 15.8. The molecule has 0 unspecified atom stereocenters. The molecular formula is C18H29NO3. The summed E-state index contributed by atoms with van der Waals surface area (Å²) in [5.74, 6) is 1.70. The molecule has 0 aliphatic carbocycles. The van der Waals surface area contributed by atoms with Crippen molar-refractivity contribution in [3.8, 4) is 11.5 Å². The van der Waals surface area contributed by atoms with Gasteiger partial charge in [0.05, 0.1) is 25.9 Å². The first-order valence-corrected chi connectivity index (χ1v) is 8.41. The Morgan fingerprint density at radius 2 is 1.95 bits per heavy atom. The summed E-state index contributed by atoms with van der Waals surface area (Å²) in [6.45, 7) is 11.7. The van der Waals surface area contributed by atoms with Gasteiger partial charge in [0.25, 0.3) is 0 Å². The van der Waals surface area contributed by atoms with Gasteiger partial charge in [0.1, 0.15) is 0 Å². The number of ether oxygens (including phenoxy) is 3. The van der Waals surface area contributed by atoms with Crippen molar-refractivity contribution in [2.75, 3.05) is 39.5 Å². The van der Waals surface area contributed by atoms with E-state index >= 15 is 0 Å². The van der Waals surface area contributed by atoms with Crippen LogP contribution in [0.25, 0.3) is 0 Å². The van der Waals surface area contributed by atoms with Crippen LogP contribution >= 0.6 is 0 Å². The summed E-state index contributed by atoms with van der Waals surface area (Å²) in [6, 6.07) is 6.31. The van der Waals surface area contributed by atoms with Gasteiger partial charge in [-0.25, -0.2) is 0 Å². The van der Waals surface area contributed by atoms with Crippen molar-refractivity contribution in [2.24, 2.45) is 0 Å². The standard InChI is InChI=1S/C18H29NO3/c1-4-21-18-14-16(7-8-17(18)22-15(2)3)6-5-9-19-10-12-20-13-11-19/h7-8,14-15H,4-6,9-13H2,1-3H3. The molecule has 22 heavy (non-hydrogen) atoms. The van der Waals surface area contributed by atoms with Crippen molar-refractivity contribution in [1.82, 2.24) is 4.90 Å². The number of morpholine rings is 1. The van der Waals surface area contributed by atoms with Crippen molar-refractivity contribution in [3.05, 3.63) is 23.8 Å². The minimum Gasteiger partial charge on any atom is -0.490 e. The molecule has 1 fully saturated rings. The predicted octanol–water partition coefficient (Wildman–Crippen LogP) is 3.14. The first-order chi connectivity index (χ1) is 10.7. The summed E-state index contributed by atoms with van der Waals surface area (Å²) in [5.41, 5.74) is 1.31. The average Bonchev–Trinajstić information content (AvgIpc) is 2.51. The van der Waals surface area contributed by atoms with E-state index in [0.717, 1.165) is 57.2 Å². The van der Waals surface area contributed by atoms with Crippen molar-refractivity contribution in [2.45, 2.75) is 39.7 Å². The summed E-state index contributed by atoms with van der Waals surface area (Å²) < 4.78 is 16.9. The van der Waals surface area contributed by atoms with Crippen LogP contribution in [0.2, 0.25) is 0 Å². The molecule has 4 heteroatoms. The molecule has 2 rings (SSSR count). The lowest BCUT2D eigenvalue weighted by Crippen LogP contribution is -2.36. The minimum absolute atomic E-state index is 0.159. The van der Waals surface area contributed by atoms with Crippen LogP contribution in [0.4, 0.5) is 0 Å². The van der Waals surface area contributed by atoms with Crippen LogP contribution in [0, 0.1) is 0 Å². The molecule has 0 radical (unpaired) electrons. The zero-order valence-electron chi connectivity index (χ0n) is 14.1. The highest BCUT2D eigenvalue weighted by Gasteiger charge is 2.11. The molecule has 1 heterocycles. The van der Waals surface area contributed by atoms with Crippen molar-refractivity contribution in [3.63, 3.8) is 0 Å². The van der Waals surface area contributed by atoms with E-state index in [-0.39, 0.29) is 6.10 Å². The Bertz CT molecular complexity index is 442. The second-order valence-corrected chi connectivity index (χ2v) is 5.94. The third kappa shape index (κ3) is 5.50. The average molecular weight is 307 g/mol. The maximum absolute atomic E-state index is 5.81. The van der Waals surface area contributed by atoms with Gasteiger partial charge in [0.15, 0.2) is 11.5 Å². The molecular weight excluding hydrogens is 278 g/mol. The van der Waals surface area contributed by atoms with E-state index in [0.29, 0.717) is 6.61 Å². The normalized spacial score (nSPS) is 16.0. The van der Waals surface area contributed by atoms with Crippen LogP contribution in [0.3, 0.4) is 0 Å². The van der Waals surface area contributed by atoms with Gasteiger partial charge in [-0.05, 0) is 57.9 Å². The van der Waals surface area contributed by atoms with Crippen molar-refractivity contribution in [1.29, 1.82) is 0 Å². The summed E-state index contributed by atoms with van der Waals surface area (Å²) in [4.78, 5) is 2.48. The highest BCUT2D eigenvalue weighted by atomic mass is 16.5. The maximum atomic E-state index is 5.81. The lowest BCUT2D eigenvalue weighted by molar-refractivity contribution is 0.0374.